The molecule has 7 nitrogen and oxygen atoms in total. The Morgan fingerprint density at radius 3 is 2.89 bits per heavy atom. The Bertz CT molecular complexity index is 535. The summed E-state index contributed by atoms with van der Waals surface area (Å²) in [6.45, 7) is 4.13. The van der Waals surface area contributed by atoms with Gasteiger partial charge in [-0.2, -0.15) is 9.97 Å². The summed E-state index contributed by atoms with van der Waals surface area (Å²) in [5.41, 5.74) is 0.561. The SMILES string of the molecule is CCC(C)(O)CNc1nc(NC)nc2nc[nH]c12. The molecule has 0 radical (unpaired) electrons. The number of aliphatic hydroxyl groups is 1. The molecule has 2 aromatic heterocycles. The predicted molar refractivity (Wildman–Crippen MR) is 70.6 cm³/mol. The molecule has 0 amide bonds. The Morgan fingerprint density at radius 2 is 2.22 bits per heavy atom. The number of anilines is 2. The molecule has 0 bridgehead atoms. The normalized spacial score (nSPS) is 14.4. The molecule has 18 heavy (non-hydrogen) atoms. The number of aromatic amines is 1. The number of hydrogen-bond acceptors (Lipinski definition) is 6. The second-order valence-corrected chi connectivity index (χ2v) is 4.45. The third-order valence-electron chi connectivity index (χ3n) is 2.91. The molecule has 0 saturated carbocycles. The number of nitrogens with one attached hydrogen (secondary N) is 3. The molecular formula is C11H18N6O. The van der Waals surface area contributed by atoms with Crippen LogP contribution in [0.4, 0.5) is 11.8 Å². The zero-order chi connectivity index (χ0) is 13.2. The minimum absolute atomic E-state index is 0.414. The van der Waals surface area contributed by atoms with Crippen LogP contribution in [0.25, 0.3) is 11.2 Å². The van der Waals surface area contributed by atoms with E-state index in [-0.39, 0.29) is 0 Å². The van der Waals surface area contributed by atoms with Crippen molar-refractivity contribution in [1.82, 2.24) is 19.9 Å². The van der Waals surface area contributed by atoms with Crippen LogP contribution < -0.4 is 10.6 Å². The summed E-state index contributed by atoms with van der Waals surface area (Å²) >= 11 is 0. The molecule has 4 N–H and O–H groups in total. The monoisotopic (exact) mass is 250 g/mol. The van der Waals surface area contributed by atoms with Gasteiger partial charge >= 0.3 is 0 Å². The minimum atomic E-state index is -0.767. The summed E-state index contributed by atoms with van der Waals surface area (Å²) in [4.78, 5) is 15.6. The van der Waals surface area contributed by atoms with Gasteiger partial charge in [-0.05, 0) is 13.3 Å². The van der Waals surface area contributed by atoms with Gasteiger partial charge in [-0.3, -0.25) is 0 Å². The second kappa shape index (κ2) is 4.77. The molecule has 0 fully saturated rings. The number of fused-ring (bicyclic) bond motifs is 1. The molecule has 98 valence electrons. The van der Waals surface area contributed by atoms with Crippen molar-refractivity contribution in [2.75, 3.05) is 24.2 Å². The van der Waals surface area contributed by atoms with Crippen molar-refractivity contribution >= 4 is 22.9 Å². The maximum atomic E-state index is 9.99. The Kier molecular flexibility index (Phi) is 3.33. The topological polar surface area (TPSA) is 98.8 Å². The molecule has 0 aromatic carbocycles. The first kappa shape index (κ1) is 12.6. The molecular weight excluding hydrogens is 232 g/mol. The highest BCUT2D eigenvalue weighted by molar-refractivity contribution is 5.83. The van der Waals surface area contributed by atoms with Crippen molar-refractivity contribution < 1.29 is 5.11 Å². The van der Waals surface area contributed by atoms with E-state index in [4.69, 9.17) is 0 Å². The fourth-order valence-electron chi connectivity index (χ4n) is 1.47. The van der Waals surface area contributed by atoms with Crippen molar-refractivity contribution in [3.8, 4) is 0 Å². The highest BCUT2D eigenvalue weighted by Gasteiger charge is 2.18. The predicted octanol–water partition coefficient (Wildman–Crippen LogP) is 0.967. The molecule has 0 aliphatic heterocycles. The minimum Gasteiger partial charge on any atom is -0.388 e. The van der Waals surface area contributed by atoms with Gasteiger partial charge in [-0.25, -0.2) is 4.98 Å². The van der Waals surface area contributed by atoms with Crippen LogP contribution in [0.1, 0.15) is 20.3 Å². The molecule has 0 aliphatic rings. The van der Waals surface area contributed by atoms with Gasteiger partial charge in [0.2, 0.25) is 5.95 Å². The number of hydrogen-bond donors (Lipinski definition) is 4. The van der Waals surface area contributed by atoms with Gasteiger partial charge in [-0.1, -0.05) is 6.92 Å². The van der Waals surface area contributed by atoms with Crippen LogP contribution in [0.2, 0.25) is 0 Å². The van der Waals surface area contributed by atoms with Crippen molar-refractivity contribution in [3.05, 3.63) is 6.33 Å². The van der Waals surface area contributed by atoms with E-state index in [0.29, 0.717) is 30.4 Å². The maximum absolute atomic E-state index is 9.99. The van der Waals surface area contributed by atoms with Gasteiger partial charge in [0.1, 0.15) is 5.52 Å². The van der Waals surface area contributed by atoms with E-state index in [0.717, 1.165) is 5.52 Å². The number of aromatic nitrogens is 4. The lowest BCUT2D eigenvalue weighted by Gasteiger charge is -2.22. The first-order valence-corrected chi connectivity index (χ1v) is 5.91. The molecule has 0 aliphatic carbocycles. The highest BCUT2D eigenvalue weighted by Crippen LogP contribution is 2.19. The quantitative estimate of drug-likeness (QED) is 0.631. The number of nitrogens with zero attached hydrogens (tertiary/aromatic N) is 3. The van der Waals surface area contributed by atoms with Crippen LogP contribution in [0.15, 0.2) is 6.33 Å². The summed E-state index contributed by atoms with van der Waals surface area (Å²) in [7, 11) is 1.75. The average Bonchev–Trinajstić information content (AvgIpc) is 2.84. The van der Waals surface area contributed by atoms with Crippen LogP contribution >= 0.6 is 0 Å². The van der Waals surface area contributed by atoms with E-state index in [1.807, 2.05) is 6.92 Å². The summed E-state index contributed by atoms with van der Waals surface area (Å²) in [5, 5.41) is 16.0. The summed E-state index contributed by atoms with van der Waals surface area (Å²) in [6.07, 6.45) is 2.23. The third kappa shape index (κ3) is 2.51. The number of imidazole rings is 1. The molecule has 1 atom stereocenters. The zero-order valence-electron chi connectivity index (χ0n) is 10.8. The van der Waals surface area contributed by atoms with Gasteiger partial charge in [-0.15, -0.1) is 0 Å². The smallest absolute Gasteiger partial charge is 0.226 e. The van der Waals surface area contributed by atoms with E-state index in [9.17, 15) is 5.11 Å². The van der Waals surface area contributed by atoms with Gasteiger partial charge in [0, 0.05) is 13.6 Å². The van der Waals surface area contributed by atoms with E-state index in [1.165, 1.54) is 0 Å². The van der Waals surface area contributed by atoms with Crippen molar-refractivity contribution in [2.24, 2.45) is 0 Å². The summed E-state index contributed by atoms with van der Waals surface area (Å²) in [5.74, 6) is 1.13. The largest absolute Gasteiger partial charge is 0.388 e. The van der Waals surface area contributed by atoms with Crippen LogP contribution in [0, 0.1) is 0 Å². The van der Waals surface area contributed by atoms with Crippen molar-refractivity contribution in [3.63, 3.8) is 0 Å². The first-order valence-electron chi connectivity index (χ1n) is 5.91. The fourth-order valence-corrected chi connectivity index (χ4v) is 1.47. The molecule has 2 heterocycles. The van der Waals surface area contributed by atoms with Crippen molar-refractivity contribution in [2.45, 2.75) is 25.9 Å². The van der Waals surface area contributed by atoms with E-state index < -0.39 is 5.60 Å². The Labute approximate surface area is 105 Å². The van der Waals surface area contributed by atoms with E-state index in [2.05, 4.69) is 30.6 Å². The van der Waals surface area contributed by atoms with E-state index in [1.54, 1.807) is 20.3 Å². The molecule has 7 heteroatoms. The van der Waals surface area contributed by atoms with Crippen LogP contribution in [-0.4, -0.2) is 44.2 Å². The fraction of sp³-hybridized carbons (Fsp3) is 0.545. The van der Waals surface area contributed by atoms with Gasteiger partial charge in [0.05, 0.1) is 11.9 Å². The molecule has 2 rings (SSSR count). The number of H-pyrrole nitrogens is 1. The molecule has 0 spiro atoms. The van der Waals surface area contributed by atoms with E-state index >= 15 is 0 Å². The first-order chi connectivity index (χ1) is 8.55. The Morgan fingerprint density at radius 1 is 1.44 bits per heavy atom. The Balaban J connectivity index is 2.28. The third-order valence-corrected chi connectivity index (χ3v) is 2.91. The summed E-state index contributed by atoms with van der Waals surface area (Å²) in [6, 6.07) is 0. The molecule has 0 saturated heterocycles. The molecule has 2 aromatic rings. The van der Waals surface area contributed by atoms with Gasteiger partial charge in [0.25, 0.3) is 0 Å². The standard InChI is InChI=1S/C11H18N6O/c1-4-11(2,18)5-13-8-7-9(15-6-14-7)17-10(12-3)16-8/h6,18H,4-5H2,1-3H3,(H3,12,13,14,15,16,17). The maximum Gasteiger partial charge on any atom is 0.226 e. The van der Waals surface area contributed by atoms with Crippen molar-refractivity contribution in [1.29, 1.82) is 0 Å². The average molecular weight is 250 g/mol. The van der Waals surface area contributed by atoms with Crippen LogP contribution in [0.3, 0.4) is 0 Å². The highest BCUT2D eigenvalue weighted by atomic mass is 16.3. The summed E-state index contributed by atoms with van der Waals surface area (Å²) < 4.78 is 0. The Hall–Kier alpha value is -1.89. The lowest BCUT2D eigenvalue weighted by Crippen LogP contribution is -2.32. The van der Waals surface area contributed by atoms with Crippen LogP contribution in [0.5, 0.6) is 0 Å². The second-order valence-electron chi connectivity index (χ2n) is 4.45. The van der Waals surface area contributed by atoms with Gasteiger partial charge < -0.3 is 20.7 Å². The lowest BCUT2D eigenvalue weighted by atomic mass is 10.0. The number of rotatable bonds is 5. The zero-order valence-corrected chi connectivity index (χ0v) is 10.8. The van der Waals surface area contributed by atoms with Gasteiger partial charge in [0.15, 0.2) is 11.5 Å². The molecule has 1 unspecified atom stereocenters. The van der Waals surface area contributed by atoms with Crippen LogP contribution in [-0.2, 0) is 0 Å². The lowest BCUT2D eigenvalue weighted by molar-refractivity contribution is 0.0697.